The Balaban J connectivity index is 1.56. The highest BCUT2D eigenvalue weighted by molar-refractivity contribution is 5.69. The van der Waals surface area contributed by atoms with E-state index in [0.29, 0.717) is 6.61 Å². The van der Waals surface area contributed by atoms with Crippen LogP contribution in [0.5, 0.6) is 0 Å². The Morgan fingerprint density at radius 3 is 3.04 bits per heavy atom. The smallest absolute Gasteiger partial charge is 0.0834 e. The molecule has 4 rings (SSSR count). The molecule has 0 aromatic heterocycles. The quantitative estimate of drug-likeness (QED) is 0.932. The van der Waals surface area contributed by atoms with Crippen molar-refractivity contribution in [2.24, 2.45) is 0 Å². The largest absolute Gasteiger partial charge is 0.379 e. The molecule has 2 heterocycles. The summed E-state index contributed by atoms with van der Waals surface area (Å²) >= 11 is 0. The van der Waals surface area contributed by atoms with Crippen molar-refractivity contribution >= 4 is 0 Å². The third-order valence-electron chi connectivity index (χ3n) is 5.04. The molecule has 0 radical (unpaired) electrons. The second kappa shape index (κ2) is 7.06. The Hall–Kier alpha value is -1.68. The summed E-state index contributed by atoms with van der Waals surface area (Å²) in [7, 11) is 0. The van der Waals surface area contributed by atoms with Crippen LogP contribution in [0.1, 0.15) is 28.7 Å². The maximum Gasteiger partial charge on any atom is 0.0834 e. The number of aryl methyl sites for hydroxylation is 1. The van der Waals surface area contributed by atoms with Gasteiger partial charge in [-0.3, -0.25) is 0 Å². The van der Waals surface area contributed by atoms with Gasteiger partial charge in [-0.1, -0.05) is 24.3 Å². The van der Waals surface area contributed by atoms with Gasteiger partial charge in [0.1, 0.15) is 0 Å². The monoisotopic (exact) mass is 323 g/mol. The molecule has 0 amide bonds. The van der Waals surface area contributed by atoms with Crippen molar-refractivity contribution in [3.8, 4) is 11.1 Å². The van der Waals surface area contributed by atoms with E-state index in [2.05, 4.69) is 48.6 Å². The summed E-state index contributed by atoms with van der Waals surface area (Å²) < 4.78 is 11.3. The summed E-state index contributed by atoms with van der Waals surface area (Å²) in [5.41, 5.74) is 8.14. The highest BCUT2D eigenvalue weighted by Gasteiger charge is 2.16. The fourth-order valence-corrected chi connectivity index (χ4v) is 3.65. The van der Waals surface area contributed by atoms with Gasteiger partial charge in [-0.25, -0.2) is 0 Å². The van der Waals surface area contributed by atoms with E-state index in [1.165, 1.54) is 33.4 Å². The van der Waals surface area contributed by atoms with E-state index in [0.717, 1.165) is 39.1 Å². The van der Waals surface area contributed by atoms with Crippen molar-refractivity contribution < 1.29 is 9.47 Å². The van der Waals surface area contributed by atoms with Gasteiger partial charge >= 0.3 is 0 Å². The van der Waals surface area contributed by atoms with Crippen LogP contribution < -0.4 is 5.32 Å². The van der Waals surface area contributed by atoms with Crippen LogP contribution in [0.3, 0.4) is 0 Å². The van der Waals surface area contributed by atoms with E-state index in [9.17, 15) is 0 Å². The van der Waals surface area contributed by atoms with Crippen molar-refractivity contribution in [1.82, 2.24) is 5.32 Å². The van der Waals surface area contributed by atoms with E-state index in [1.54, 1.807) is 0 Å². The number of rotatable bonds is 4. The van der Waals surface area contributed by atoms with Crippen molar-refractivity contribution in [2.75, 3.05) is 19.8 Å². The fourth-order valence-electron chi connectivity index (χ4n) is 3.65. The van der Waals surface area contributed by atoms with Gasteiger partial charge < -0.3 is 14.8 Å². The molecular weight excluding hydrogens is 298 g/mol. The van der Waals surface area contributed by atoms with E-state index < -0.39 is 0 Å². The highest BCUT2D eigenvalue weighted by atomic mass is 16.5. The van der Waals surface area contributed by atoms with Crippen LogP contribution in [0, 0.1) is 6.92 Å². The molecule has 0 aliphatic carbocycles. The SMILES string of the molecule is Cc1cc2c(cc1-c1cccc(COC3CCOC3)c1)CNCC2. The number of ether oxygens (including phenoxy) is 2. The molecule has 126 valence electrons. The predicted molar refractivity (Wildman–Crippen MR) is 96.0 cm³/mol. The molecule has 0 spiro atoms. The normalized spacial score (nSPS) is 20.1. The lowest BCUT2D eigenvalue weighted by Gasteiger charge is -2.20. The van der Waals surface area contributed by atoms with E-state index in [-0.39, 0.29) is 6.10 Å². The minimum absolute atomic E-state index is 0.255. The Labute approximate surface area is 144 Å². The summed E-state index contributed by atoms with van der Waals surface area (Å²) in [4.78, 5) is 0. The first-order chi connectivity index (χ1) is 11.8. The summed E-state index contributed by atoms with van der Waals surface area (Å²) in [6.07, 6.45) is 2.40. The van der Waals surface area contributed by atoms with Crippen molar-refractivity contribution in [3.05, 3.63) is 58.7 Å². The van der Waals surface area contributed by atoms with E-state index in [4.69, 9.17) is 9.47 Å². The average Bonchev–Trinajstić information content (AvgIpc) is 3.13. The van der Waals surface area contributed by atoms with Gasteiger partial charge in [0, 0.05) is 13.2 Å². The molecule has 1 unspecified atom stereocenters. The molecule has 0 bridgehead atoms. The molecule has 1 atom stereocenters. The van der Waals surface area contributed by atoms with Gasteiger partial charge in [-0.15, -0.1) is 0 Å². The van der Waals surface area contributed by atoms with Crippen LogP contribution in [0.25, 0.3) is 11.1 Å². The molecule has 24 heavy (non-hydrogen) atoms. The van der Waals surface area contributed by atoms with Crippen LogP contribution in [0.2, 0.25) is 0 Å². The Kier molecular flexibility index (Phi) is 4.65. The van der Waals surface area contributed by atoms with Crippen molar-refractivity contribution in [3.63, 3.8) is 0 Å². The van der Waals surface area contributed by atoms with Gasteiger partial charge in [-0.2, -0.15) is 0 Å². The molecule has 2 aliphatic heterocycles. The lowest BCUT2D eigenvalue weighted by Crippen LogP contribution is -2.23. The summed E-state index contributed by atoms with van der Waals surface area (Å²) in [5.74, 6) is 0. The lowest BCUT2D eigenvalue weighted by molar-refractivity contribution is 0.0318. The van der Waals surface area contributed by atoms with Crippen LogP contribution in [-0.2, 0) is 29.0 Å². The van der Waals surface area contributed by atoms with Crippen LogP contribution in [0.15, 0.2) is 36.4 Å². The first-order valence-electron chi connectivity index (χ1n) is 8.91. The van der Waals surface area contributed by atoms with Gasteiger partial charge in [0.25, 0.3) is 0 Å². The topological polar surface area (TPSA) is 30.5 Å². The number of fused-ring (bicyclic) bond motifs is 1. The fraction of sp³-hybridized carbons (Fsp3) is 0.429. The molecule has 3 heteroatoms. The summed E-state index contributed by atoms with van der Waals surface area (Å²) in [6.45, 7) is 6.50. The predicted octanol–water partition coefficient (Wildman–Crippen LogP) is 3.61. The Bertz CT molecular complexity index is 720. The number of hydrogen-bond donors (Lipinski definition) is 1. The molecule has 1 saturated heterocycles. The molecular formula is C21H25NO2. The highest BCUT2D eigenvalue weighted by Crippen LogP contribution is 2.29. The first-order valence-corrected chi connectivity index (χ1v) is 8.91. The van der Waals surface area contributed by atoms with Crippen molar-refractivity contribution in [2.45, 2.75) is 39.0 Å². The maximum absolute atomic E-state index is 5.97. The Morgan fingerprint density at radius 1 is 1.21 bits per heavy atom. The maximum atomic E-state index is 5.97. The first kappa shape index (κ1) is 15.8. The minimum Gasteiger partial charge on any atom is -0.379 e. The third kappa shape index (κ3) is 3.39. The standard InChI is InChI=1S/C21H25NO2/c1-15-9-17-5-7-22-12-19(17)11-21(15)18-4-2-3-16(10-18)13-24-20-6-8-23-14-20/h2-4,9-11,20,22H,5-8,12-14H2,1H3. The zero-order valence-corrected chi connectivity index (χ0v) is 14.3. The van der Waals surface area contributed by atoms with E-state index in [1.807, 2.05) is 0 Å². The summed E-state index contributed by atoms with van der Waals surface area (Å²) in [6, 6.07) is 13.5. The molecule has 1 fully saturated rings. The minimum atomic E-state index is 0.255. The molecule has 0 saturated carbocycles. The van der Waals surface area contributed by atoms with Gasteiger partial charge in [-0.05, 0) is 71.8 Å². The average molecular weight is 323 g/mol. The molecule has 3 nitrogen and oxygen atoms in total. The molecule has 1 N–H and O–H groups in total. The molecule has 2 aromatic rings. The zero-order valence-electron chi connectivity index (χ0n) is 14.3. The van der Waals surface area contributed by atoms with E-state index >= 15 is 0 Å². The Morgan fingerprint density at radius 2 is 2.17 bits per heavy atom. The second-order valence-electron chi connectivity index (χ2n) is 6.86. The van der Waals surface area contributed by atoms with Gasteiger partial charge in [0.2, 0.25) is 0 Å². The van der Waals surface area contributed by atoms with Gasteiger partial charge in [0.05, 0.1) is 19.3 Å². The van der Waals surface area contributed by atoms with Crippen LogP contribution in [0.4, 0.5) is 0 Å². The summed E-state index contributed by atoms with van der Waals surface area (Å²) in [5, 5.41) is 3.47. The van der Waals surface area contributed by atoms with Crippen molar-refractivity contribution in [1.29, 1.82) is 0 Å². The zero-order chi connectivity index (χ0) is 16.4. The third-order valence-corrected chi connectivity index (χ3v) is 5.04. The molecule has 2 aliphatic rings. The van der Waals surface area contributed by atoms with Crippen LogP contribution >= 0.6 is 0 Å². The van der Waals surface area contributed by atoms with Gasteiger partial charge in [0.15, 0.2) is 0 Å². The van der Waals surface area contributed by atoms with Crippen LogP contribution in [-0.4, -0.2) is 25.9 Å². The number of benzene rings is 2. The number of hydrogen-bond acceptors (Lipinski definition) is 3. The lowest BCUT2D eigenvalue weighted by atomic mass is 9.91. The second-order valence-corrected chi connectivity index (χ2v) is 6.86. The number of nitrogens with one attached hydrogen (secondary N) is 1. The molecule has 2 aromatic carbocycles.